The predicted octanol–water partition coefficient (Wildman–Crippen LogP) is 3.95. The van der Waals surface area contributed by atoms with Gasteiger partial charge in [0.2, 0.25) is 0 Å². The van der Waals surface area contributed by atoms with Crippen LogP contribution in [0.4, 0.5) is 0 Å². The molecule has 1 aliphatic carbocycles. The molecule has 0 amide bonds. The quantitative estimate of drug-likeness (QED) is 0.849. The van der Waals surface area contributed by atoms with Crippen LogP contribution in [0, 0.1) is 0 Å². The van der Waals surface area contributed by atoms with Crippen LogP contribution < -0.4 is 5.73 Å². The van der Waals surface area contributed by atoms with Gasteiger partial charge in [-0.15, -0.1) is 0 Å². The topological polar surface area (TPSA) is 30.9 Å². The van der Waals surface area contributed by atoms with Crippen LogP contribution in [0.15, 0.2) is 30.5 Å². The first-order valence-corrected chi connectivity index (χ1v) is 6.96. The van der Waals surface area contributed by atoms with Gasteiger partial charge in [-0.2, -0.15) is 0 Å². The molecule has 2 aromatic rings. The van der Waals surface area contributed by atoms with Gasteiger partial charge in [-0.1, -0.05) is 31.0 Å². The van der Waals surface area contributed by atoms with Crippen LogP contribution in [0.1, 0.15) is 51.1 Å². The molecule has 2 nitrogen and oxygen atoms in total. The van der Waals surface area contributed by atoms with Crippen LogP contribution in [-0.4, -0.2) is 4.57 Å². The number of aromatic nitrogens is 1. The van der Waals surface area contributed by atoms with Gasteiger partial charge < -0.3 is 10.3 Å². The van der Waals surface area contributed by atoms with Gasteiger partial charge in [0.1, 0.15) is 0 Å². The van der Waals surface area contributed by atoms with Crippen molar-refractivity contribution in [3.63, 3.8) is 0 Å². The van der Waals surface area contributed by atoms with E-state index < -0.39 is 0 Å². The van der Waals surface area contributed by atoms with Crippen LogP contribution in [0.3, 0.4) is 0 Å². The Morgan fingerprint density at radius 2 is 1.83 bits per heavy atom. The zero-order valence-electron chi connectivity index (χ0n) is 11.3. The molecule has 0 atom stereocenters. The van der Waals surface area contributed by atoms with Crippen molar-refractivity contribution in [2.75, 3.05) is 0 Å². The first-order valence-electron chi connectivity index (χ1n) is 6.96. The second-order valence-corrected chi connectivity index (χ2v) is 6.13. The van der Waals surface area contributed by atoms with E-state index in [1.54, 1.807) is 0 Å². The summed E-state index contributed by atoms with van der Waals surface area (Å²) in [5, 5.41) is 1.32. The van der Waals surface area contributed by atoms with Crippen LogP contribution in [0.25, 0.3) is 10.9 Å². The molecule has 0 spiro atoms. The summed E-state index contributed by atoms with van der Waals surface area (Å²) in [7, 11) is 0. The fraction of sp³-hybridized carbons (Fsp3) is 0.500. The van der Waals surface area contributed by atoms with Gasteiger partial charge in [0.15, 0.2) is 0 Å². The number of benzene rings is 1. The number of hydrogen-bond acceptors (Lipinski definition) is 1. The third kappa shape index (κ3) is 1.85. The van der Waals surface area contributed by atoms with Crippen molar-refractivity contribution >= 4 is 10.9 Å². The number of fused-ring (bicyclic) bond motifs is 1. The van der Waals surface area contributed by atoms with Gasteiger partial charge in [-0.3, -0.25) is 0 Å². The highest BCUT2D eigenvalue weighted by Gasteiger charge is 2.24. The lowest BCUT2D eigenvalue weighted by Crippen LogP contribution is -2.28. The summed E-state index contributed by atoms with van der Waals surface area (Å²) in [4.78, 5) is 0. The van der Waals surface area contributed by atoms with Gasteiger partial charge in [0.05, 0.1) is 0 Å². The molecule has 2 heteroatoms. The smallest absolute Gasteiger partial charge is 0.0486 e. The summed E-state index contributed by atoms with van der Waals surface area (Å²) < 4.78 is 2.46. The Balaban J connectivity index is 2.20. The molecule has 2 N–H and O–H groups in total. The van der Waals surface area contributed by atoms with E-state index in [0.29, 0.717) is 6.04 Å². The number of hydrogen-bond donors (Lipinski definition) is 1. The molecule has 96 valence electrons. The van der Waals surface area contributed by atoms with Gasteiger partial charge in [-0.05, 0) is 38.3 Å². The van der Waals surface area contributed by atoms with Gasteiger partial charge >= 0.3 is 0 Å². The summed E-state index contributed by atoms with van der Waals surface area (Å²) in [6.45, 7) is 4.18. The minimum Gasteiger partial charge on any atom is -0.344 e. The van der Waals surface area contributed by atoms with Crippen molar-refractivity contribution in [1.82, 2.24) is 4.57 Å². The fourth-order valence-electron chi connectivity index (χ4n) is 3.20. The second-order valence-electron chi connectivity index (χ2n) is 6.13. The predicted molar refractivity (Wildman–Crippen MR) is 76.7 cm³/mol. The summed E-state index contributed by atoms with van der Waals surface area (Å²) in [6.07, 6.45) is 7.63. The molecule has 1 aliphatic rings. The van der Waals surface area contributed by atoms with E-state index in [1.165, 1.54) is 42.1 Å². The number of nitrogens with zero attached hydrogens (tertiary/aromatic N) is 1. The highest BCUT2D eigenvalue weighted by atomic mass is 15.0. The standard InChI is InChI=1S/C16H22N2/c1-16(2,17)14-11-18(12-7-3-4-8-12)15-10-6-5-9-13(14)15/h5-6,9-12H,3-4,7-8,17H2,1-2H3. The third-order valence-electron chi connectivity index (χ3n) is 4.15. The molecule has 1 fully saturated rings. The van der Waals surface area contributed by atoms with Gasteiger partial charge in [0, 0.05) is 28.7 Å². The van der Waals surface area contributed by atoms with E-state index in [-0.39, 0.29) is 5.54 Å². The molecule has 1 heterocycles. The maximum atomic E-state index is 6.32. The van der Waals surface area contributed by atoms with E-state index in [9.17, 15) is 0 Å². The summed E-state index contributed by atoms with van der Waals surface area (Å²) >= 11 is 0. The summed E-state index contributed by atoms with van der Waals surface area (Å²) in [5.74, 6) is 0. The Kier molecular flexibility index (Phi) is 2.70. The van der Waals surface area contributed by atoms with Crippen molar-refractivity contribution < 1.29 is 0 Å². The Morgan fingerprint density at radius 3 is 2.50 bits per heavy atom. The number of para-hydroxylation sites is 1. The molecular formula is C16H22N2. The minimum absolute atomic E-state index is 0.274. The fourth-order valence-corrected chi connectivity index (χ4v) is 3.20. The van der Waals surface area contributed by atoms with Crippen molar-refractivity contribution in [3.8, 4) is 0 Å². The molecule has 3 rings (SSSR count). The second kappa shape index (κ2) is 4.13. The van der Waals surface area contributed by atoms with E-state index in [2.05, 4.69) is 48.9 Å². The lowest BCUT2D eigenvalue weighted by molar-refractivity contribution is 0.519. The van der Waals surface area contributed by atoms with E-state index >= 15 is 0 Å². The SMILES string of the molecule is CC(C)(N)c1cn(C2CCCC2)c2ccccc12. The molecule has 18 heavy (non-hydrogen) atoms. The number of rotatable bonds is 2. The molecule has 0 aliphatic heterocycles. The van der Waals surface area contributed by atoms with Crippen molar-refractivity contribution in [2.24, 2.45) is 5.73 Å². The van der Waals surface area contributed by atoms with Crippen molar-refractivity contribution in [2.45, 2.75) is 51.1 Å². The normalized spacial score (nSPS) is 17.7. The van der Waals surface area contributed by atoms with Crippen molar-refractivity contribution in [1.29, 1.82) is 0 Å². The van der Waals surface area contributed by atoms with Crippen LogP contribution in [-0.2, 0) is 5.54 Å². The molecule has 1 saturated carbocycles. The molecule has 1 aromatic carbocycles. The lowest BCUT2D eigenvalue weighted by atomic mass is 9.95. The van der Waals surface area contributed by atoms with Crippen LogP contribution >= 0.6 is 0 Å². The van der Waals surface area contributed by atoms with E-state index in [1.807, 2.05) is 0 Å². The summed E-state index contributed by atoms with van der Waals surface area (Å²) in [5.41, 5.74) is 8.66. The molecule has 0 saturated heterocycles. The molecule has 0 radical (unpaired) electrons. The first kappa shape index (κ1) is 11.8. The molecular weight excluding hydrogens is 220 g/mol. The average Bonchev–Trinajstić information content (AvgIpc) is 2.94. The third-order valence-corrected chi connectivity index (χ3v) is 4.15. The maximum absolute atomic E-state index is 6.32. The van der Waals surface area contributed by atoms with E-state index in [0.717, 1.165) is 0 Å². The summed E-state index contributed by atoms with van der Waals surface area (Å²) in [6, 6.07) is 9.33. The molecule has 0 unspecified atom stereocenters. The van der Waals surface area contributed by atoms with Gasteiger partial charge in [-0.25, -0.2) is 0 Å². The van der Waals surface area contributed by atoms with Gasteiger partial charge in [0.25, 0.3) is 0 Å². The van der Waals surface area contributed by atoms with Crippen molar-refractivity contribution in [3.05, 3.63) is 36.0 Å². The Labute approximate surface area is 109 Å². The lowest BCUT2D eigenvalue weighted by Gasteiger charge is -2.18. The Hall–Kier alpha value is -1.28. The van der Waals surface area contributed by atoms with Crippen LogP contribution in [0.2, 0.25) is 0 Å². The highest BCUT2D eigenvalue weighted by Crippen LogP contribution is 2.36. The molecule has 1 aromatic heterocycles. The zero-order chi connectivity index (χ0) is 12.8. The monoisotopic (exact) mass is 242 g/mol. The largest absolute Gasteiger partial charge is 0.344 e. The van der Waals surface area contributed by atoms with Crippen LogP contribution in [0.5, 0.6) is 0 Å². The number of nitrogens with two attached hydrogens (primary N) is 1. The first-order chi connectivity index (χ1) is 8.57. The Morgan fingerprint density at radius 1 is 1.17 bits per heavy atom. The average molecular weight is 242 g/mol. The van der Waals surface area contributed by atoms with E-state index in [4.69, 9.17) is 5.73 Å². The molecule has 0 bridgehead atoms. The maximum Gasteiger partial charge on any atom is 0.0486 e. The Bertz CT molecular complexity index is 554. The minimum atomic E-state index is -0.274. The zero-order valence-corrected chi connectivity index (χ0v) is 11.3. The highest BCUT2D eigenvalue weighted by molar-refractivity contribution is 5.85.